The lowest BCUT2D eigenvalue weighted by Gasteiger charge is -2.12. The molecule has 4 aromatic rings. The molecule has 1 unspecified atom stereocenters. The van der Waals surface area contributed by atoms with Crippen LogP contribution in [-0.4, -0.2) is 20.0 Å². The average Bonchev–Trinajstić information content (AvgIpc) is 3.28. The number of rotatable bonds is 2. The fraction of sp³-hybridized carbons (Fsp3) is 0.136. The van der Waals surface area contributed by atoms with E-state index in [1.165, 1.54) is 23.7 Å². The average molecular weight is 439 g/mol. The van der Waals surface area contributed by atoms with Crippen molar-refractivity contribution in [3.63, 3.8) is 0 Å². The van der Waals surface area contributed by atoms with Crippen LogP contribution >= 0.6 is 11.6 Å². The van der Waals surface area contributed by atoms with E-state index in [9.17, 15) is 18.8 Å². The normalized spacial score (nSPS) is 15.4. The van der Waals surface area contributed by atoms with Crippen molar-refractivity contribution in [1.82, 2.24) is 14.1 Å². The lowest BCUT2D eigenvalue weighted by Crippen LogP contribution is -2.37. The van der Waals surface area contributed by atoms with E-state index < -0.39 is 23.0 Å². The number of hydrogen-bond donors (Lipinski definition) is 2. The minimum absolute atomic E-state index is 0.219. The van der Waals surface area contributed by atoms with Crippen LogP contribution in [0.3, 0.4) is 0 Å². The quantitative estimate of drug-likeness (QED) is 0.504. The number of amides is 1. The van der Waals surface area contributed by atoms with Crippen molar-refractivity contribution in [3.05, 3.63) is 85.3 Å². The second-order valence-electron chi connectivity index (χ2n) is 7.50. The van der Waals surface area contributed by atoms with E-state index in [-0.39, 0.29) is 16.9 Å². The Morgan fingerprint density at radius 3 is 2.42 bits per heavy atom. The lowest BCUT2D eigenvalue weighted by molar-refractivity contribution is -0.116. The topological polar surface area (TPSA) is 88.9 Å². The molecule has 1 aliphatic heterocycles. The fourth-order valence-electron chi connectivity index (χ4n) is 4.20. The number of carbonyl (C=O) groups excluding carboxylic acids is 1. The van der Waals surface area contributed by atoms with Gasteiger partial charge < -0.3 is 10.3 Å². The van der Waals surface area contributed by atoms with Crippen molar-refractivity contribution in [2.45, 2.75) is 5.92 Å². The number of nitrogens with one attached hydrogen (secondary N) is 2. The molecule has 9 heteroatoms. The Bertz CT molecular complexity index is 1520. The summed E-state index contributed by atoms with van der Waals surface area (Å²) in [5.74, 6) is -1.58. The van der Waals surface area contributed by atoms with Crippen molar-refractivity contribution in [2.75, 3.05) is 5.32 Å². The van der Waals surface area contributed by atoms with Gasteiger partial charge in [0.2, 0.25) is 5.91 Å². The summed E-state index contributed by atoms with van der Waals surface area (Å²) in [6, 6.07) is 10.7. The molecule has 1 aliphatic rings. The fourth-order valence-corrected chi connectivity index (χ4v) is 4.38. The molecule has 2 N–H and O–H groups in total. The van der Waals surface area contributed by atoms with Crippen LogP contribution in [0.4, 0.5) is 10.1 Å². The number of H-pyrrole nitrogens is 1. The van der Waals surface area contributed by atoms with E-state index >= 15 is 0 Å². The Morgan fingerprint density at radius 1 is 1.00 bits per heavy atom. The number of aromatic amines is 1. The van der Waals surface area contributed by atoms with Crippen LogP contribution < -0.4 is 16.6 Å². The molecule has 156 valence electrons. The van der Waals surface area contributed by atoms with Gasteiger partial charge in [-0.15, -0.1) is 0 Å². The molecule has 1 amide bonds. The van der Waals surface area contributed by atoms with Crippen molar-refractivity contribution in [2.24, 2.45) is 14.1 Å². The number of fused-ring (bicyclic) bond motifs is 2. The van der Waals surface area contributed by atoms with E-state index in [4.69, 9.17) is 11.6 Å². The van der Waals surface area contributed by atoms with Crippen molar-refractivity contribution in [3.8, 4) is 11.3 Å². The number of benzene rings is 2. The Morgan fingerprint density at radius 2 is 1.71 bits per heavy atom. The van der Waals surface area contributed by atoms with Gasteiger partial charge in [-0.25, -0.2) is 9.18 Å². The van der Waals surface area contributed by atoms with Crippen LogP contribution in [0.1, 0.15) is 17.0 Å². The van der Waals surface area contributed by atoms with Crippen LogP contribution in [0.25, 0.3) is 22.3 Å². The van der Waals surface area contributed by atoms with Gasteiger partial charge in [-0.2, -0.15) is 0 Å². The number of anilines is 1. The number of aryl methyl sites for hydroxylation is 1. The predicted molar refractivity (Wildman–Crippen MR) is 116 cm³/mol. The molecule has 0 bridgehead atoms. The molecule has 0 spiro atoms. The predicted octanol–water partition coefficient (Wildman–Crippen LogP) is 3.11. The molecule has 7 nitrogen and oxygen atoms in total. The molecule has 2 aromatic carbocycles. The van der Waals surface area contributed by atoms with E-state index in [1.54, 1.807) is 37.4 Å². The van der Waals surface area contributed by atoms with Crippen LogP contribution in [0.2, 0.25) is 5.02 Å². The van der Waals surface area contributed by atoms with Gasteiger partial charge >= 0.3 is 5.69 Å². The molecule has 0 saturated carbocycles. The molecule has 0 saturated heterocycles. The number of hydrogen-bond acceptors (Lipinski definition) is 3. The summed E-state index contributed by atoms with van der Waals surface area (Å²) in [7, 11) is 2.93. The Kier molecular flexibility index (Phi) is 4.16. The van der Waals surface area contributed by atoms with Gasteiger partial charge in [0.15, 0.2) is 0 Å². The van der Waals surface area contributed by atoms with Gasteiger partial charge in [-0.3, -0.25) is 18.7 Å². The van der Waals surface area contributed by atoms with Gasteiger partial charge in [0.25, 0.3) is 5.56 Å². The molecule has 0 aliphatic carbocycles. The third kappa shape index (κ3) is 2.75. The Balaban J connectivity index is 1.94. The smallest absolute Gasteiger partial charge is 0.332 e. The maximum atomic E-state index is 13.6. The standard InChI is InChI=1S/C22H16ClFN4O3/c1-27-19-17(21(30)28(2)22(27)31)16(18(26-19)10-3-6-12(24)7-4-10)15-13-9-11(23)5-8-14(13)25-20(15)29/h3-9,15,26H,1-2H3,(H,25,29). The Labute approximate surface area is 179 Å². The molecule has 31 heavy (non-hydrogen) atoms. The summed E-state index contributed by atoms with van der Waals surface area (Å²) in [5.41, 5.74) is 1.92. The summed E-state index contributed by atoms with van der Waals surface area (Å²) in [4.78, 5) is 41.9. The van der Waals surface area contributed by atoms with Crippen LogP contribution in [0.5, 0.6) is 0 Å². The highest BCUT2D eigenvalue weighted by molar-refractivity contribution is 6.31. The second kappa shape index (κ2) is 6.68. The van der Waals surface area contributed by atoms with E-state index in [2.05, 4.69) is 10.3 Å². The van der Waals surface area contributed by atoms with E-state index in [0.29, 0.717) is 33.1 Å². The number of nitrogens with zero attached hydrogens (tertiary/aromatic N) is 2. The summed E-state index contributed by atoms with van der Waals surface area (Å²) in [5, 5.41) is 3.49. The highest BCUT2D eigenvalue weighted by Gasteiger charge is 2.37. The summed E-state index contributed by atoms with van der Waals surface area (Å²) < 4.78 is 15.9. The van der Waals surface area contributed by atoms with Gasteiger partial charge in [0.1, 0.15) is 11.5 Å². The lowest BCUT2D eigenvalue weighted by atomic mass is 9.89. The molecule has 1 atom stereocenters. The Hall–Kier alpha value is -3.65. The molecule has 2 aromatic heterocycles. The molecule has 3 heterocycles. The summed E-state index contributed by atoms with van der Waals surface area (Å²) in [6.07, 6.45) is 0. The van der Waals surface area contributed by atoms with Crippen molar-refractivity contribution in [1.29, 1.82) is 0 Å². The van der Waals surface area contributed by atoms with Gasteiger partial charge in [0.05, 0.1) is 17.0 Å². The first-order valence-electron chi connectivity index (χ1n) is 9.45. The van der Waals surface area contributed by atoms with Crippen molar-refractivity contribution >= 4 is 34.2 Å². The number of halogens is 2. The summed E-state index contributed by atoms with van der Waals surface area (Å²) >= 11 is 6.19. The highest BCUT2D eigenvalue weighted by atomic mass is 35.5. The first-order chi connectivity index (χ1) is 14.8. The van der Waals surface area contributed by atoms with Crippen LogP contribution in [-0.2, 0) is 18.9 Å². The zero-order valence-electron chi connectivity index (χ0n) is 16.5. The van der Waals surface area contributed by atoms with E-state index in [1.807, 2.05) is 0 Å². The molecule has 0 fully saturated rings. The molecular formula is C22H16ClFN4O3. The van der Waals surface area contributed by atoms with Crippen molar-refractivity contribution < 1.29 is 9.18 Å². The first kappa shape index (κ1) is 19.3. The maximum absolute atomic E-state index is 13.6. The maximum Gasteiger partial charge on any atom is 0.332 e. The molecular weight excluding hydrogens is 423 g/mol. The van der Waals surface area contributed by atoms with Gasteiger partial charge in [0, 0.05) is 30.4 Å². The molecule has 0 radical (unpaired) electrons. The largest absolute Gasteiger partial charge is 0.340 e. The van der Waals surface area contributed by atoms with Crippen LogP contribution in [0.15, 0.2) is 52.1 Å². The zero-order valence-corrected chi connectivity index (χ0v) is 17.2. The minimum atomic E-state index is -0.840. The summed E-state index contributed by atoms with van der Waals surface area (Å²) in [6.45, 7) is 0. The monoisotopic (exact) mass is 438 g/mol. The third-order valence-electron chi connectivity index (χ3n) is 5.71. The third-order valence-corrected chi connectivity index (χ3v) is 5.95. The molecule has 5 rings (SSSR count). The number of aromatic nitrogens is 3. The SMILES string of the molecule is Cn1c(=O)c2c(C3C(=O)Nc4ccc(Cl)cc43)c(-c3ccc(F)cc3)[nH]c2n(C)c1=O. The van der Waals surface area contributed by atoms with E-state index in [0.717, 1.165) is 4.57 Å². The number of carbonyl (C=O) groups is 1. The second-order valence-corrected chi connectivity index (χ2v) is 7.94. The zero-order chi connectivity index (χ0) is 22.0. The van der Waals surface area contributed by atoms with Gasteiger partial charge in [-0.05, 0) is 53.6 Å². The first-order valence-corrected chi connectivity index (χ1v) is 9.83. The minimum Gasteiger partial charge on any atom is -0.340 e. The highest BCUT2D eigenvalue weighted by Crippen LogP contribution is 2.44. The van der Waals surface area contributed by atoms with Gasteiger partial charge in [-0.1, -0.05) is 11.6 Å². The van der Waals surface area contributed by atoms with Crippen LogP contribution in [0, 0.1) is 5.82 Å².